The van der Waals surface area contributed by atoms with Gasteiger partial charge in [-0.2, -0.15) is 13.2 Å². The zero-order chi connectivity index (χ0) is 23.3. The number of urea groups is 1. The first kappa shape index (κ1) is 24.4. The summed E-state index contributed by atoms with van der Waals surface area (Å²) < 4.78 is 38.8. The number of nitrogens with zero attached hydrogens (tertiary/aromatic N) is 4. The molecule has 2 fully saturated rings. The van der Waals surface area contributed by atoms with E-state index in [1.807, 2.05) is 18.7 Å². The van der Waals surface area contributed by atoms with Crippen molar-refractivity contribution in [2.75, 3.05) is 52.4 Å². The maximum absolute atomic E-state index is 13.1. The number of hydrogen-bond donors (Lipinski definition) is 0. The number of alkyl halides is 3. The Morgan fingerprint density at radius 3 is 2.34 bits per heavy atom. The van der Waals surface area contributed by atoms with Crippen LogP contribution in [0.3, 0.4) is 0 Å². The summed E-state index contributed by atoms with van der Waals surface area (Å²) in [5.41, 5.74) is -0.0117. The monoisotopic (exact) mass is 454 g/mol. The molecule has 1 aromatic rings. The number of piperidine rings is 1. The van der Waals surface area contributed by atoms with Gasteiger partial charge in [0, 0.05) is 58.9 Å². The first-order chi connectivity index (χ1) is 15.2. The Hall–Kier alpha value is -2.29. The van der Waals surface area contributed by atoms with Crippen LogP contribution in [0.25, 0.3) is 0 Å². The van der Waals surface area contributed by atoms with Crippen molar-refractivity contribution in [2.24, 2.45) is 5.92 Å². The van der Waals surface area contributed by atoms with E-state index in [0.717, 1.165) is 18.9 Å². The van der Waals surface area contributed by atoms with E-state index in [1.54, 1.807) is 15.9 Å². The van der Waals surface area contributed by atoms with Gasteiger partial charge in [-0.1, -0.05) is 18.2 Å². The Kier molecular flexibility index (Phi) is 8.03. The molecule has 178 valence electrons. The lowest BCUT2D eigenvalue weighted by Crippen LogP contribution is -2.54. The number of hydrogen-bond acceptors (Lipinski definition) is 3. The van der Waals surface area contributed by atoms with Gasteiger partial charge in [0.15, 0.2) is 0 Å². The Balaban J connectivity index is 1.51. The van der Waals surface area contributed by atoms with Gasteiger partial charge in [-0.3, -0.25) is 9.69 Å². The van der Waals surface area contributed by atoms with Gasteiger partial charge in [0.05, 0.1) is 11.5 Å². The molecule has 32 heavy (non-hydrogen) atoms. The third-order valence-electron chi connectivity index (χ3n) is 6.42. The van der Waals surface area contributed by atoms with Crippen molar-refractivity contribution in [1.29, 1.82) is 0 Å². The van der Waals surface area contributed by atoms with Crippen molar-refractivity contribution in [1.82, 2.24) is 19.6 Å². The molecule has 0 saturated carbocycles. The molecule has 2 heterocycles. The fourth-order valence-electron chi connectivity index (χ4n) is 4.54. The van der Waals surface area contributed by atoms with Crippen molar-refractivity contribution in [3.05, 3.63) is 35.4 Å². The summed E-state index contributed by atoms with van der Waals surface area (Å²) >= 11 is 0. The van der Waals surface area contributed by atoms with E-state index in [9.17, 15) is 22.8 Å². The molecule has 9 heteroatoms. The highest BCUT2D eigenvalue weighted by atomic mass is 19.4. The number of carbonyl (C=O) groups excluding carboxylic acids is 2. The van der Waals surface area contributed by atoms with Gasteiger partial charge in [0.25, 0.3) is 0 Å². The number of benzene rings is 1. The van der Waals surface area contributed by atoms with Crippen LogP contribution in [-0.2, 0) is 17.5 Å². The molecule has 0 bridgehead atoms. The predicted octanol–water partition coefficient (Wildman–Crippen LogP) is 3.52. The molecule has 1 atom stereocenters. The highest BCUT2D eigenvalue weighted by Gasteiger charge is 2.34. The van der Waals surface area contributed by atoms with E-state index in [1.165, 1.54) is 12.1 Å². The van der Waals surface area contributed by atoms with Gasteiger partial charge in [0.2, 0.25) is 5.91 Å². The molecule has 0 spiro atoms. The zero-order valence-corrected chi connectivity index (χ0v) is 18.9. The first-order valence-corrected chi connectivity index (χ1v) is 11.4. The summed E-state index contributed by atoms with van der Waals surface area (Å²) in [6.07, 6.45) is -2.74. The predicted molar refractivity (Wildman–Crippen MR) is 116 cm³/mol. The summed E-state index contributed by atoms with van der Waals surface area (Å²) in [4.78, 5) is 33.2. The van der Waals surface area contributed by atoms with Crippen molar-refractivity contribution >= 4 is 11.9 Å². The highest BCUT2D eigenvalue weighted by Crippen LogP contribution is 2.30. The van der Waals surface area contributed by atoms with Gasteiger partial charge in [-0.15, -0.1) is 0 Å². The summed E-state index contributed by atoms with van der Waals surface area (Å²) in [6, 6.07) is 5.42. The van der Waals surface area contributed by atoms with Crippen LogP contribution in [0.5, 0.6) is 0 Å². The normalized spacial score (nSPS) is 20.3. The second kappa shape index (κ2) is 10.6. The van der Waals surface area contributed by atoms with E-state index >= 15 is 0 Å². The van der Waals surface area contributed by atoms with Crippen molar-refractivity contribution in [3.63, 3.8) is 0 Å². The average Bonchev–Trinajstić information content (AvgIpc) is 2.79. The van der Waals surface area contributed by atoms with Gasteiger partial charge >= 0.3 is 12.2 Å². The third-order valence-corrected chi connectivity index (χ3v) is 6.42. The molecule has 0 unspecified atom stereocenters. The molecule has 2 aliphatic heterocycles. The molecule has 1 aromatic carbocycles. The van der Waals surface area contributed by atoms with Gasteiger partial charge in [-0.25, -0.2) is 4.79 Å². The number of halogens is 3. The maximum atomic E-state index is 13.1. The Morgan fingerprint density at radius 2 is 1.72 bits per heavy atom. The van der Waals surface area contributed by atoms with Crippen LogP contribution < -0.4 is 0 Å². The number of likely N-dealkylation sites (tertiary alicyclic amines) is 1. The first-order valence-electron chi connectivity index (χ1n) is 11.4. The van der Waals surface area contributed by atoms with Gasteiger partial charge < -0.3 is 14.7 Å². The quantitative estimate of drug-likeness (QED) is 0.684. The van der Waals surface area contributed by atoms with Crippen LogP contribution >= 0.6 is 0 Å². The average molecular weight is 455 g/mol. The summed E-state index contributed by atoms with van der Waals surface area (Å²) in [7, 11) is 0. The minimum atomic E-state index is -4.35. The number of rotatable bonds is 5. The summed E-state index contributed by atoms with van der Waals surface area (Å²) in [5.74, 6) is -0.0981. The smallest absolute Gasteiger partial charge is 0.340 e. The molecule has 3 rings (SSSR count). The second-order valence-electron chi connectivity index (χ2n) is 8.54. The molecule has 0 radical (unpaired) electrons. The molecular weight excluding hydrogens is 421 g/mol. The number of carbonyl (C=O) groups is 2. The Bertz CT molecular complexity index is 790. The number of amides is 3. The summed E-state index contributed by atoms with van der Waals surface area (Å²) in [6.45, 7) is 9.13. The standard InChI is InChI=1S/C23H33F3N4O2/c1-3-28(4-2)22(32)30-10-6-8-19(17-30)21(31)29-13-11-27(12-14-29)16-18-7-5-9-20(15-18)23(24,25)26/h5,7,9,15,19H,3-4,6,8,10-14,16-17H2,1-2H3/t19-/m1/s1. The molecular formula is C23H33F3N4O2. The van der Waals surface area contributed by atoms with Crippen LogP contribution in [0.4, 0.5) is 18.0 Å². The fraction of sp³-hybridized carbons (Fsp3) is 0.652. The Morgan fingerprint density at radius 1 is 1.03 bits per heavy atom. The van der Waals surface area contributed by atoms with Gasteiger partial charge in [0.1, 0.15) is 0 Å². The van der Waals surface area contributed by atoms with E-state index in [-0.39, 0.29) is 17.9 Å². The third kappa shape index (κ3) is 5.94. The maximum Gasteiger partial charge on any atom is 0.416 e. The molecule has 2 aliphatic rings. The van der Waals surface area contributed by atoms with E-state index in [2.05, 4.69) is 4.90 Å². The molecule has 0 N–H and O–H groups in total. The lowest BCUT2D eigenvalue weighted by Gasteiger charge is -2.40. The Labute approximate surface area is 187 Å². The molecule has 0 aliphatic carbocycles. The van der Waals surface area contributed by atoms with E-state index in [0.29, 0.717) is 64.5 Å². The van der Waals surface area contributed by atoms with Crippen LogP contribution in [0.2, 0.25) is 0 Å². The largest absolute Gasteiger partial charge is 0.416 e. The minimum Gasteiger partial charge on any atom is -0.340 e. The van der Waals surface area contributed by atoms with Crippen LogP contribution in [0.15, 0.2) is 24.3 Å². The van der Waals surface area contributed by atoms with Crippen LogP contribution in [0.1, 0.15) is 37.8 Å². The van der Waals surface area contributed by atoms with E-state index < -0.39 is 11.7 Å². The number of piperazine rings is 1. The lowest BCUT2D eigenvalue weighted by molar-refractivity contribution is -0.139. The highest BCUT2D eigenvalue weighted by molar-refractivity contribution is 5.81. The van der Waals surface area contributed by atoms with Gasteiger partial charge in [-0.05, 0) is 38.3 Å². The van der Waals surface area contributed by atoms with Crippen molar-refractivity contribution in [3.8, 4) is 0 Å². The van der Waals surface area contributed by atoms with Crippen molar-refractivity contribution < 1.29 is 22.8 Å². The van der Waals surface area contributed by atoms with Crippen molar-refractivity contribution in [2.45, 2.75) is 39.4 Å². The molecule has 3 amide bonds. The SMILES string of the molecule is CCN(CC)C(=O)N1CCC[C@@H](C(=O)N2CCN(Cc3cccc(C(F)(F)F)c3)CC2)C1. The second-order valence-corrected chi connectivity index (χ2v) is 8.54. The topological polar surface area (TPSA) is 47.1 Å². The summed E-state index contributed by atoms with van der Waals surface area (Å²) in [5, 5.41) is 0. The molecule has 2 saturated heterocycles. The molecule has 0 aromatic heterocycles. The van der Waals surface area contributed by atoms with Crippen LogP contribution in [-0.4, -0.2) is 83.9 Å². The molecule has 6 nitrogen and oxygen atoms in total. The van der Waals surface area contributed by atoms with E-state index in [4.69, 9.17) is 0 Å². The van der Waals surface area contributed by atoms with Crippen LogP contribution in [0, 0.1) is 5.92 Å². The fourth-order valence-corrected chi connectivity index (χ4v) is 4.54. The zero-order valence-electron chi connectivity index (χ0n) is 18.9. The minimum absolute atomic E-state index is 0.00148. The lowest BCUT2D eigenvalue weighted by atomic mass is 9.96.